The Labute approximate surface area is 117 Å². The summed E-state index contributed by atoms with van der Waals surface area (Å²) in [6.07, 6.45) is 3.08. The number of aliphatic hydroxyl groups is 1. The van der Waals surface area contributed by atoms with E-state index in [1.807, 2.05) is 26.0 Å². The number of carbonyl (C=O) groups is 1. The first kappa shape index (κ1) is 14.2. The summed E-state index contributed by atoms with van der Waals surface area (Å²) in [6, 6.07) is 5.52. The van der Waals surface area contributed by atoms with Gasteiger partial charge in [-0.3, -0.25) is 4.79 Å². The van der Waals surface area contributed by atoms with Crippen LogP contribution in [0.15, 0.2) is 30.9 Å². The third-order valence-corrected chi connectivity index (χ3v) is 3.16. The van der Waals surface area contributed by atoms with Crippen LogP contribution in [-0.2, 0) is 0 Å². The van der Waals surface area contributed by atoms with Gasteiger partial charge in [-0.2, -0.15) is 5.10 Å². The normalized spacial score (nSPS) is 10.6. The average Bonchev–Trinajstić information content (AvgIpc) is 2.98. The van der Waals surface area contributed by atoms with E-state index in [0.29, 0.717) is 18.7 Å². The SMILES string of the molecule is CCN(CCO)C(=O)c1ccc(-n2cncn2)cc1C. The Morgan fingerprint density at radius 3 is 2.80 bits per heavy atom. The largest absolute Gasteiger partial charge is 0.395 e. The summed E-state index contributed by atoms with van der Waals surface area (Å²) < 4.78 is 1.65. The molecule has 0 aliphatic rings. The molecule has 2 aromatic rings. The Bertz CT molecular complexity index is 581. The fourth-order valence-electron chi connectivity index (χ4n) is 2.07. The number of nitrogens with zero attached hydrogens (tertiary/aromatic N) is 4. The molecule has 6 nitrogen and oxygen atoms in total. The maximum atomic E-state index is 12.4. The molecule has 20 heavy (non-hydrogen) atoms. The number of benzene rings is 1. The van der Waals surface area contributed by atoms with Crippen LogP contribution in [-0.4, -0.2) is 50.4 Å². The fourth-order valence-corrected chi connectivity index (χ4v) is 2.07. The summed E-state index contributed by atoms with van der Waals surface area (Å²) in [7, 11) is 0. The van der Waals surface area contributed by atoms with Gasteiger partial charge in [-0.15, -0.1) is 0 Å². The molecule has 0 aliphatic heterocycles. The highest BCUT2D eigenvalue weighted by atomic mass is 16.3. The van der Waals surface area contributed by atoms with Crippen molar-refractivity contribution in [2.24, 2.45) is 0 Å². The molecule has 0 unspecified atom stereocenters. The second-order valence-electron chi connectivity index (χ2n) is 4.45. The van der Waals surface area contributed by atoms with Crippen LogP contribution in [0.5, 0.6) is 0 Å². The van der Waals surface area contributed by atoms with Crippen LogP contribution in [0, 0.1) is 6.92 Å². The zero-order valence-corrected chi connectivity index (χ0v) is 11.7. The molecule has 1 N–H and O–H groups in total. The Morgan fingerprint density at radius 2 is 2.25 bits per heavy atom. The molecule has 0 spiro atoms. The van der Waals surface area contributed by atoms with Gasteiger partial charge in [0.15, 0.2) is 0 Å². The molecule has 1 amide bonds. The van der Waals surface area contributed by atoms with E-state index < -0.39 is 0 Å². The quantitative estimate of drug-likeness (QED) is 0.884. The van der Waals surface area contributed by atoms with Crippen LogP contribution in [0.2, 0.25) is 0 Å². The number of likely N-dealkylation sites (N-methyl/N-ethyl adjacent to an activating group) is 1. The lowest BCUT2D eigenvalue weighted by Crippen LogP contribution is -2.33. The predicted molar refractivity (Wildman–Crippen MR) is 74.8 cm³/mol. The maximum absolute atomic E-state index is 12.4. The topological polar surface area (TPSA) is 71.2 Å². The van der Waals surface area contributed by atoms with E-state index >= 15 is 0 Å². The van der Waals surface area contributed by atoms with E-state index in [1.54, 1.807) is 22.0 Å². The van der Waals surface area contributed by atoms with Crippen molar-refractivity contribution < 1.29 is 9.90 Å². The first-order chi connectivity index (χ1) is 9.67. The minimum absolute atomic E-state index is 0.0321. The lowest BCUT2D eigenvalue weighted by molar-refractivity contribution is 0.0731. The van der Waals surface area contributed by atoms with Gasteiger partial charge in [0.05, 0.1) is 12.3 Å². The molecule has 106 valence electrons. The predicted octanol–water partition coefficient (Wildman–Crippen LogP) is 1.03. The Kier molecular flexibility index (Phi) is 4.47. The second-order valence-corrected chi connectivity index (χ2v) is 4.45. The summed E-state index contributed by atoms with van der Waals surface area (Å²) >= 11 is 0. The van der Waals surface area contributed by atoms with Crippen molar-refractivity contribution in [3.05, 3.63) is 42.0 Å². The minimum atomic E-state index is -0.0656. The van der Waals surface area contributed by atoms with Crippen LogP contribution < -0.4 is 0 Å². The average molecular weight is 274 g/mol. The molecule has 0 saturated heterocycles. The number of aryl methyl sites for hydroxylation is 1. The lowest BCUT2D eigenvalue weighted by atomic mass is 10.1. The van der Waals surface area contributed by atoms with Gasteiger partial charge in [0.25, 0.3) is 5.91 Å². The van der Waals surface area contributed by atoms with Crippen molar-refractivity contribution in [2.75, 3.05) is 19.7 Å². The first-order valence-electron chi connectivity index (χ1n) is 6.53. The minimum Gasteiger partial charge on any atom is -0.395 e. The van der Waals surface area contributed by atoms with Gasteiger partial charge in [0.1, 0.15) is 12.7 Å². The highest BCUT2D eigenvalue weighted by molar-refractivity contribution is 5.95. The van der Waals surface area contributed by atoms with E-state index in [-0.39, 0.29) is 12.5 Å². The number of rotatable bonds is 5. The number of aromatic nitrogens is 3. The van der Waals surface area contributed by atoms with Crippen LogP contribution in [0.3, 0.4) is 0 Å². The lowest BCUT2D eigenvalue weighted by Gasteiger charge is -2.21. The molecule has 0 saturated carbocycles. The van der Waals surface area contributed by atoms with E-state index in [2.05, 4.69) is 10.1 Å². The van der Waals surface area contributed by atoms with Crippen molar-refractivity contribution in [1.82, 2.24) is 19.7 Å². The van der Waals surface area contributed by atoms with Gasteiger partial charge >= 0.3 is 0 Å². The fraction of sp³-hybridized carbons (Fsp3) is 0.357. The summed E-state index contributed by atoms with van der Waals surface area (Å²) in [5.74, 6) is -0.0656. The van der Waals surface area contributed by atoms with Gasteiger partial charge in [-0.1, -0.05) is 0 Å². The van der Waals surface area contributed by atoms with Crippen LogP contribution in [0.4, 0.5) is 0 Å². The van der Waals surface area contributed by atoms with Crippen molar-refractivity contribution in [2.45, 2.75) is 13.8 Å². The Morgan fingerprint density at radius 1 is 1.45 bits per heavy atom. The van der Waals surface area contributed by atoms with Gasteiger partial charge in [0, 0.05) is 18.7 Å². The van der Waals surface area contributed by atoms with Crippen molar-refractivity contribution in [3.63, 3.8) is 0 Å². The zero-order chi connectivity index (χ0) is 14.5. The monoisotopic (exact) mass is 274 g/mol. The molecule has 2 rings (SSSR count). The van der Waals surface area contributed by atoms with Gasteiger partial charge < -0.3 is 10.0 Å². The standard InChI is InChI=1S/C14H18N4O2/c1-3-17(6-7-19)14(20)13-5-4-12(8-11(13)2)18-10-15-9-16-18/h4-5,8-10,19H,3,6-7H2,1-2H3. The highest BCUT2D eigenvalue weighted by Crippen LogP contribution is 2.15. The van der Waals surface area contributed by atoms with Crippen molar-refractivity contribution in [3.8, 4) is 5.69 Å². The molecule has 0 atom stereocenters. The Hall–Kier alpha value is -2.21. The number of hydrogen-bond acceptors (Lipinski definition) is 4. The third-order valence-electron chi connectivity index (χ3n) is 3.16. The van der Waals surface area contributed by atoms with E-state index in [9.17, 15) is 4.79 Å². The highest BCUT2D eigenvalue weighted by Gasteiger charge is 2.16. The number of carbonyl (C=O) groups excluding carboxylic acids is 1. The molecular formula is C14H18N4O2. The number of amides is 1. The van der Waals surface area contributed by atoms with Crippen LogP contribution in [0.1, 0.15) is 22.8 Å². The van der Waals surface area contributed by atoms with Gasteiger partial charge in [0.2, 0.25) is 0 Å². The molecule has 0 radical (unpaired) electrons. The molecule has 1 aromatic heterocycles. The van der Waals surface area contributed by atoms with E-state index in [4.69, 9.17) is 5.11 Å². The zero-order valence-electron chi connectivity index (χ0n) is 11.7. The Balaban J connectivity index is 2.27. The van der Waals surface area contributed by atoms with Crippen LogP contribution in [0.25, 0.3) is 5.69 Å². The van der Waals surface area contributed by atoms with E-state index in [0.717, 1.165) is 11.3 Å². The van der Waals surface area contributed by atoms with E-state index in [1.165, 1.54) is 6.33 Å². The number of aliphatic hydroxyl groups excluding tert-OH is 1. The van der Waals surface area contributed by atoms with Crippen LogP contribution >= 0.6 is 0 Å². The van der Waals surface area contributed by atoms with Crippen molar-refractivity contribution >= 4 is 5.91 Å². The third kappa shape index (κ3) is 2.85. The summed E-state index contributed by atoms with van der Waals surface area (Å²) in [5.41, 5.74) is 2.38. The molecule has 6 heteroatoms. The molecule has 1 heterocycles. The molecule has 0 bridgehead atoms. The molecule has 0 fully saturated rings. The molecule has 1 aromatic carbocycles. The first-order valence-corrected chi connectivity index (χ1v) is 6.53. The second kappa shape index (κ2) is 6.29. The maximum Gasteiger partial charge on any atom is 0.254 e. The molecular weight excluding hydrogens is 256 g/mol. The van der Waals surface area contributed by atoms with Crippen molar-refractivity contribution in [1.29, 1.82) is 0 Å². The van der Waals surface area contributed by atoms with Gasteiger partial charge in [-0.25, -0.2) is 9.67 Å². The summed E-state index contributed by atoms with van der Waals surface area (Å²) in [5, 5.41) is 13.0. The van der Waals surface area contributed by atoms with Gasteiger partial charge in [-0.05, 0) is 37.6 Å². The smallest absolute Gasteiger partial charge is 0.254 e. The summed E-state index contributed by atoms with van der Waals surface area (Å²) in [4.78, 5) is 17.9. The summed E-state index contributed by atoms with van der Waals surface area (Å²) in [6.45, 7) is 4.67. The molecule has 0 aliphatic carbocycles. The number of hydrogen-bond donors (Lipinski definition) is 1.